The van der Waals surface area contributed by atoms with Crippen molar-refractivity contribution in [3.8, 4) is 11.3 Å². The lowest BCUT2D eigenvalue weighted by atomic mass is 10.1. The molecule has 21 heavy (non-hydrogen) atoms. The number of benzene rings is 2. The molecule has 0 bridgehead atoms. The molecule has 0 atom stereocenters. The van der Waals surface area contributed by atoms with Gasteiger partial charge < -0.3 is 0 Å². The topological polar surface area (TPSA) is 47.0 Å². The van der Waals surface area contributed by atoms with Crippen LogP contribution in [-0.2, 0) is 10.2 Å². The number of hydrogen-bond acceptors (Lipinski definition) is 3. The van der Waals surface area contributed by atoms with Gasteiger partial charge in [0.1, 0.15) is 0 Å². The molecule has 0 fully saturated rings. The number of fused-ring (bicyclic) bond motifs is 1. The molecule has 3 nitrogen and oxygen atoms in total. The standard InChI is InChI=1S/C15H9ClFNO2S/c16-13-9-15(10-4-2-1-3-5-10)18-14-7-6-11(8-12(13)14)21(17,19)20/h1-9H. The van der Waals surface area contributed by atoms with Gasteiger partial charge in [0, 0.05) is 10.9 Å². The summed E-state index contributed by atoms with van der Waals surface area (Å²) in [6.45, 7) is 0. The van der Waals surface area contributed by atoms with Crippen molar-refractivity contribution in [3.63, 3.8) is 0 Å². The van der Waals surface area contributed by atoms with E-state index >= 15 is 0 Å². The molecule has 106 valence electrons. The number of halogens is 2. The molecule has 0 radical (unpaired) electrons. The van der Waals surface area contributed by atoms with Crippen LogP contribution in [0.3, 0.4) is 0 Å². The van der Waals surface area contributed by atoms with Gasteiger partial charge in [-0.1, -0.05) is 41.9 Å². The molecular formula is C15H9ClFNO2S. The van der Waals surface area contributed by atoms with E-state index in [1.165, 1.54) is 18.2 Å². The smallest absolute Gasteiger partial charge is 0.248 e. The maximum absolute atomic E-state index is 13.0. The quantitative estimate of drug-likeness (QED) is 0.664. The SMILES string of the molecule is O=S(=O)(F)c1ccc2nc(-c3ccccc3)cc(Cl)c2c1. The summed E-state index contributed by atoms with van der Waals surface area (Å²) >= 11 is 6.18. The molecule has 0 saturated carbocycles. The molecule has 0 amide bonds. The van der Waals surface area contributed by atoms with Crippen LogP contribution in [0.5, 0.6) is 0 Å². The molecule has 0 unspecified atom stereocenters. The molecule has 1 aromatic heterocycles. The summed E-state index contributed by atoms with van der Waals surface area (Å²) in [5, 5.41) is 0.722. The fourth-order valence-corrected chi connectivity index (χ4v) is 2.82. The summed E-state index contributed by atoms with van der Waals surface area (Å²) < 4.78 is 34.9. The minimum absolute atomic E-state index is 0.323. The lowest BCUT2D eigenvalue weighted by Gasteiger charge is -2.06. The third-order valence-corrected chi connectivity index (χ3v) is 4.21. The molecule has 0 aliphatic heterocycles. The van der Waals surface area contributed by atoms with E-state index in [-0.39, 0.29) is 0 Å². The summed E-state index contributed by atoms with van der Waals surface area (Å²) in [5.41, 5.74) is 2.07. The summed E-state index contributed by atoms with van der Waals surface area (Å²) in [4.78, 5) is 4.00. The zero-order chi connectivity index (χ0) is 15.0. The van der Waals surface area contributed by atoms with Crippen LogP contribution in [0.25, 0.3) is 22.2 Å². The Balaban J connectivity index is 2.23. The van der Waals surface area contributed by atoms with Gasteiger partial charge in [-0.3, -0.25) is 0 Å². The minimum atomic E-state index is -4.76. The van der Waals surface area contributed by atoms with Crippen LogP contribution in [0.4, 0.5) is 3.89 Å². The average molecular weight is 322 g/mol. The molecule has 3 rings (SSSR count). The number of rotatable bonds is 2. The van der Waals surface area contributed by atoms with Gasteiger partial charge >= 0.3 is 10.2 Å². The van der Waals surface area contributed by atoms with Crippen molar-refractivity contribution in [1.82, 2.24) is 4.98 Å². The van der Waals surface area contributed by atoms with Gasteiger partial charge in [-0.25, -0.2) is 4.98 Å². The van der Waals surface area contributed by atoms with Crippen LogP contribution in [0.1, 0.15) is 0 Å². The van der Waals surface area contributed by atoms with Crippen molar-refractivity contribution < 1.29 is 12.3 Å². The first-order valence-corrected chi connectivity index (χ1v) is 7.82. The van der Waals surface area contributed by atoms with Crippen molar-refractivity contribution in [2.75, 3.05) is 0 Å². The number of pyridine rings is 1. The molecule has 3 aromatic rings. The Morgan fingerprint density at radius 1 is 1.00 bits per heavy atom. The number of hydrogen-bond donors (Lipinski definition) is 0. The normalized spacial score (nSPS) is 11.7. The second-order valence-electron chi connectivity index (χ2n) is 4.47. The van der Waals surface area contributed by atoms with Gasteiger partial charge in [-0.15, -0.1) is 3.89 Å². The lowest BCUT2D eigenvalue weighted by molar-refractivity contribution is 0.552. The first-order chi connectivity index (χ1) is 9.95. The Labute approximate surface area is 126 Å². The van der Waals surface area contributed by atoms with E-state index in [9.17, 15) is 12.3 Å². The average Bonchev–Trinajstić information content (AvgIpc) is 2.47. The molecule has 2 aromatic carbocycles. The van der Waals surface area contributed by atoms with Gasteiger partial charge in [0.25, 0.3) is 0 Å². The predicted octanol–water partition coefficient (Wildman–Crippen LogP) is 4.21. The molecule has 0 N–H and O–H groups in total. The zero-order valence-electron chi connectivity index (χ0n) is 10.6. The van der Waals surface area contributed by atoms with Gasteiger partial charge in [-0.05, 0) is 24.3 Å². The van der Waals surface area contributed by atoms with Crippen molar-refractivity contribution in [3.05, 3.63) is 59.6 Å². The fourth-order valence-electron chi connectivity index (χ4n) is 2.07. The molecule has 0 aliphatic rings. The Kier molecular flexibility index (Phi) is 3.39. The van der Waals surface area contributed by atoms with Crippen LogP contribution >= 0.6 is 11.6 Å². The highest BCUT2D eigenvalue weighted by Crippen LogP contribution is 2.30. The summed E-state index contributed by atoms with van der Waals surface area (Å²) in [7, 11) is -4.76. The van der Waals surface area contributed by atoms with Crippen LogP contribution < -0.4 is 0 Å². The highest BCUT2D eigenvalue weighted by atomic mass is 35.5. The number of aromatic nitrogens is 1. The second kappa shape index (κ2) is 5.09. The van der Waals surface area contributed by atoms with Gasteiger partial charge in [0.05, 0.1) is 21.1 Å². The second-order valence-corrected chi connectivity index (χ2v) is 6.23. The van der Waals surface area contributed by atoms with Gasteiger partial charge in [0.15, 0.2) is 0 Å². The van der Waals surface area contributed by atoms with Gasteiger partial charge in [-0.2, -0.15) is 8.42 Å². The molecule has 1 heterocycles. The van der Waals surface area contributed by atoms with Gasteiger partial charge in [0.2, 0.25) is 0 Å². The van der Waals surface area contributed by atoms with E-state index in [4.69, 9.17) is 11.6 Å². The Morgan fingerprint density at radius 2 is 1.71 bits per heavy atom. The summed E-state index contributed by atoms with van der Waals surface area (Å²) in [6.07, 6.45) is 0. The molecule has 0 spiro atoms. The largest absolute Gasteiger partial charge is 0.332 e. The van der Waals surface area contributed by atoms with E-state index in [0.717, 1.165) is 5.56 Å². The Morgan fingerprint density at radius 3 is 2.38 bits per heavy atom. The van der Waals surface area contributed by atoms with Crippen molar-refractivity contribution in [2.45, 2.75) is 4.90 Å². The molecule has 0 aliphatic carbocycles. The highest BCUT2D eigenvalue weighted by Gasteiger charge is 2.14. The Bertz CT molecular complexity index is 927. The number of nitrogens with zero attached hydrogens (tertiary/aromatic N) is 1. The Hall–Kier alpha value is -1.98. The van der Waals surface area contributed by atoms with Crippen molar-refractivity contribution >= 4 is 32.7 Å². The van der Waals surface area contributed by atoms with Crippen LogP contribution in [0.15, 0.2) is 59.5 Å². The molecule has 6 heteroatoms. The monoisotopic (exact) mass is 321 g/mol. The third-order valence-electron chi connectivity index (χ3n) is 3.08. The van der Waals surface area contributed by atoms with E-state index in [2.05, 4.69) is 4.98 Å². The molecular weight excluding hydrogens is 313 g/mol. The van der Waals surface area contributed by atoms with E-state index in [0.29, 0.717) is 21.6 Å². The maximum atomic E-state index is 13.0. The highest BCUT2D eigenvalue weighted by molar-refractivity contribution is 7.86. The minimum Gasteiger partial charge on any atom is -0.248 e. The van der Waals surface area contributed by atoms with Crippen LogP contribution in [0, 0.1) is 0 Å². The van der Waals surface area contributed by atoms with E-state index < -0.39 is 15.1 Å². The van der Waals surface area contributed by atoms with Crippen molar-refractivity contribution in [2.24, 2.45) is 0 Å². The predicted molar refractivity (Wildman–Crippen MR) is 80.5 cm³/mol. The first kappa shape index (κ1) is 14.0. The lowest BCUT2D eigenvalue weighted by Crippen LogP contribution is -1.93. The van der Waals surface area contributed by atoms with E-state index in [1.54, 1.807) is 6.07 Å². The first-order valence-electron chi connectivity index (χ1n) is 6.05. The van der Waals surface area contributed by atoms with Crippen molar-refractivity contribution in [1.29, 1.82) is 0 Å². The zero-order valence-corrected chi connectivity index (χ0v) is 12.2. The summed E-state index contributed by atoms with van der Waals surface area (Å²) in [6, 6.07) is 14.9. The summed E-state index contributed by atoms with van der Waals surface area (Å²) in [5.74, 6) is 0. The third kappa shape index (κ3) is 2.75. The van der Waals surface area contributed by atoms with E-state index in [1.807, 2.05) is 30.3 Å². The maximum Gasteiger partial charge on any atom is 0.332 e. The molecule has 0 saturated heterocycles. The van der Waals surface area contributed by atoms with Crippen LogP contribution in [0.2, 0.25) is 5.02 Å². The fraction of sp³-hybridized carbons (Fsp3) is 0. The van der Waals surface area contributed by atoms with Crippen LogP contribution in [-0.4, -0.2) is 13.4 Å².